The monoisotopic (exact) mass is 574 g/mol. The van der Waals surface area contributed by atoms with Gasteiger partial charge in [-0.15, -0.1) is 0 Å². The van der Waals surface area contributed by atoms with Gasteiger partial charge >= 0.3 is 11.9 Å². The Bertz CT molecular complexity index is 846. The first-order valence-corrected chi connectivity index (χ1v) is 10.6. The lowest BCUT2D eigenvalue weighted by Gasteiger charge is -2.32. The highest BCUT2D eigenvalue weighted by Gasteiger charge is 2.56. The van der Waals surface area contributed by atoms with Crippen LogP contribution in [0.3, 0.4) is 0 Å². The lowest BCUT2D eigenvalue weighted by atomic mass is 9.76. The molecule has 148 valence electrons. The molecule has 1 atom stereocenters. The summed E-state index contributed by atoms with van der Waals surface area (Å²) >= 11 is 9.97. The molecule has 0 unspecified atom stereocenters. The SMILES string of the molecule is COC(=O)C(Cc1ccc(Br)cc1)(C(=O)OC)[C@H](Br)C(=O)c1ccc(Br)cc1. The molecule has 0 spiro atoms. The molecule has 0 fully saturated rings. The van der Waals surface area contributed by atoms with Crippen LogP contribution in [0.15, 0.2) is 57.5 Å². The van der Waals surface area contributed by atoms with Crippen molar-refractivity contribution in [1.29, 1.82) is 0 Å². The number of hydrogen-bond donors (Lipinski definition) is 0. The standard InChI is InChI=1S/C20H17Br3O5/c1-27-18(25)20(19(26)28-2,11-12-3-7-14(21)8-4-12)17(23)16(24)13-5-9-15(22)10-6-13/h3-10,17H,11H2,1-2H3/t17-/m1/s1. The van der Waals surface area contributed by atoms with Crippen molar-refractivity contribution in [2.75, 3.05) is 14.2 Å². The Morgan fingerprint density at radius 2 is 1.29 bits per heavy atom. The Kier molecular flexibility index (Phi) is 7.97. The molecule has 0 saturated heterocycles. The van der Waals surface area contributed by atoms with Crippen LogP contribution >= 0.6 is 47.8 Å². The maximum Gasteiger partial charge on any atom is 0.325 e. The van der Waals surface area contributed by atoms with Crippen molar-refractivity contribution in [3.8, 4) is 0 Å². The Balaban J connectivity index is 2.55. The highest BCUT2D eigenvalue weighted by atomic mass is 79.9. The zero-order valence-corrected chi connectivity index (χ0v) is 19.8. The molecule has 5 nitrogen and oxygen atoms in total. The van der Waals surface area contributed by atoms with Crippen LogP contribution in [0.1, 0.15) is 15.9 Å². The van der Waals surface area contributed by atoms with Gasteiger partial charge in [0.2, 0.25) is 0 Å². The largest absolute Gasteiger partial charge is 0.468 e. The van der Waals surface area contributed by atoms with Gasteiger partial charge in [-0.25, -0.2) is 0 Å². The van der Waals surface area contributed by atoms with Gasteiger partial charge < -0.3 is 9.47 Å². The fraction of sp³-hybridized carbons (Fsp3) is 0.250. The van der Waals surface area contributed by atoms with Gasteiger partial charge in [0, 0.05) is 20.9 Å². The molecule has 0 N–H and O–H groups in total. The number of methoxy groups -OCH3 is 2. The molecule has 0 aliphatic rings. The summed E-state index contributed by atoms with van der Waals surface area (Å²) in [5.74, 6) is -2.13. The third-order valence-corrected chi connectivity index (χ3v) is 6.54. The molecular weight excluding hydrogens is 560 g/mol. The van der Waals surface area contributed by atoms with E-state index in [-0.39, 0.29) is 6.42 Å². The van der Waals surface area contributed by atoms with Gasteiger partial charge in [0.25, 0.3) is 0 Å². The highest BCUT2D eigenvalue weighted by molar-refractivity contribution is 9.11. The number of ketones is 1. The third-order valence-electron chi connectivity index (χ3n) is 4.29. The first-order valence-electron chi connectivity index (χ1n) is 8.11. The minimum atomic E-state index is -1.89. The van der Waals surface area contributed by atoms with Crippen LogP contribution < -0.4 is 0 Å². The fourth-order valence-corrected chi connectivity index (χ4v) is 4.13. The predicted octanol–water partition coefficient (Wildman–Crippen LogP) is 4.73. The molecule has 8 heteroatoms. The number of ether oxygens (including phenoxy) is 2. The third kappa shape index (κ3) is 4.72. The zero-order valence-electron chi connectivity index (χ0n) is 15.1. The molecule has 2 aromatic rings. The van der Waals surface area contributed by atoms with Gasteiger partial charge in [0.05, 0.1) is 14.2 Å². The van der Waals surface area contributed by atoms with Crippen LogP contribution in [0.25, 0.3) is 0 Å². The van der Waals surface area contributed by atoms with Gasteiger partial charge in [0.1, 0.15) is 4.83 Å². The molecule has 0 aliphatic heterocycles. The van der Waals surface area contributed by atoms with Gasteiger partial charge in [-0.3, -0.25) is 14.4 Å². The summed E-state index contributed by atoms with van der Waals surface area (Å²) in [7, 11) is 2.34. The highest BCUT2D eigenvalue weighted by Crippen LogP contribution is 2.37. The summed E-state index contributed by atoms with van der Waals surface area (Å²) in [6.45, 7) is 0. The maximum atomic E-state index is 13.1. The van der Waals surface area contributed by atoms with E-state index < -0.39 is 28.0 Å². The number of benzene rings is 2. The molecule has 28 heavy (non-hydrogen) atoms. The molecule has 0 radical (unpaired) electrons. The van der Waals surface area contributed by atoms with E-state index in [4.69, 9.17) is 9.47 Å². The van der Waals surface area contributed by atoms with E-state index in [0.717, 1.165) is 8.95 Å². The van der Waals surface area contributed by atoms with Gasteiger partial charge in [-0.1, -0.05) is 72.1 Å². The van der Waals surface area contributed by atoms with Crippen molar-refractivity contribution >= 4 is 65.5 Å². The second-order valence-corrected chi connectivity index (χ2v) is 8.74. The average molecular weight is 577 g/mol. The van der Waals surface area contributed by atoms with E-state index in [1.165, 1.54) is 14.2 Å². The fourth-order valence-electron chi connectivity index (χ4n) is 2.80. The number of carbonyl (C=O) groups is 3. The molecular formula is C20H17Br3O5. The van der Waals surface area contributed by atoms with E-state index >= 15 is 0 Å². The summed E-state index contributed by atoms with van der Waals surface area (Å²) in [6, 6.07) is 13.7. The smallest absolute Gasteiger partial charge is 0.325 e. The normalized spacial score (nSPS) is 12.2. The summed E-state index contributed by atoms with van der Waals surface area (Å²) in [4.78, 5) is 37.5. The molecule has 0 bridgehead atoms. The minimum Gasteiger partial charge on any atom is -0.468 e. The van der Waals surface area contributed by atoms with Crippen LogP contribution in [0.4, 0.5) is 0 Å². The first kappa shape index (κ1) is 22.8. The van der Waals surface area contributed by atoms with E-state index in [0.29, 0.717) is 11.1 Å². The van der Waals surface area contributed by atoms with Crippen LogP contribution in [0.2, 0.25) is 0 Å². The molecule has 0 saturated carbocycles. The summed E-state index contributed by atoms with van der Waals surface area (Å²) in [6.07, 6.45) is -0.0716. The average Bonchev–Trinajstić information content (AvgIpc) is 2.71. The quantitative estimate of drug-likeness (QED) is 0.206. The second-order valence-electron chi connectivity index (χ2n) is 5.99. The van der Waals surface area contributed by atoms with Crippen molar-refractivity contribution in [2.24, 2.45) is 5.41 Å². The van der Waals surface area contributed by atoms with Gasteiger partial charge in [0.15, 0.2) is 11.2 Å². The topological polar surface area (TPSA) is 69.7 Å². The molecule has 0 aliphatic carbocycles. The molecule has 0 heterocycles. The zero-order chi connectivity index (χ0) is 20.9. The Hall–Kier alpha value is -1.51. The lowest BCUT2D eigenvalue weighted by Crippen LogP contribution is -2.52. The number of Topliss-reactive ketones (excluding diaryl/α,β-unsaturated/α-hetero) is 1. The van der Waals surface area contributed by atoms with E-state index in [1.807, 2.05) is 0 Å². The van der Waals surface area contributed by atoms with Crippen molar-refractivity contribution in [3.63, 3.8) is 0 Å². The number of rotatable bonds is 7. The first-order chi connectivity index (χ1) is 13.3. The van der Waals surface area contributed by atoms with Crippen molar-refractivity contribution < 1.29 is 23.9 Å². The Morgan fingerprint density at radius 1 is 0.857 bits per heavy atom. The maximum absolute atomic E-state index is 13.1. The van der Waals surface area contributed by atoms with Crippen LogP contribution in [-0.4, -0.2) is 36.8 Å². The summed E-state index contributed by atoms with van der Waals surface area (Å²) in [5, 5.41) is 0. The number of esters is 2. The van der Waals surface area contributed by atoms with E-state index in [9.17, 15) is 14.4 Å². The number of hydrogen-bond acceptors (Lipinski definition) is 5. The number of alkyl halides is 1. The molecule has 2 aromatic carbocycles. The minimum absolute atomic E-state index is 0.0716. The van der Waals surface area contributed by atoms with E-state index in [2.05, 4.69) is 47.8 Å². The van der Waals surface area contributed by atoms with Crippen molar-refractivity contribution in [2.45, 2.75) is 11.2 Å². The number of carbonyl (C=O) groups excluding carboxylic acids is 3. The van der Waals surface area contributed by atoms with Crippen molar-refractivity contribution in [3.05, 3.63) is 68.6 Å². The molecule has 2 rings (SSSR count). The number of halogens is 3. The van der Waals surface area contributed by atoms with E-state index in [1.54, 1.807) is 48.5 Å². The van der Waals surface area contributed by atoms with Gasteiger partial charge in [-0.05, 0) is 29.8 Å². The van der Waals surface area contributed by atoms with Crippen LogP contribution in [-0.2, 0) is 25.5 Å². The molecule has 0 aromatic heterocycles. The van der Waals surface area contributed by atoms with Crippen LogP contribution in [0, 0.1) is 5.41 Å². The van der Waals surface area contributed by atoms with Crippen LogP contribution in [0.5, 0.6) is 0 Å². The Labute approximate surface area is 188 Å². The Morgan fingerprint density at radius 3 is 1.71 bits per heavy atom. The lowest BCUT2D eigenvalue weighted by molar-refractivity contribution is -0.168. The van der Waals surface area contributed by atoms with Gasteiger partial charge in [-0.2, -0.15) is 0 Å². The summed E-state index contributed by atoms with van der Waals surface area (Å²) < 4.78 is 11.5. The second kappa shape index (κ2) is 9.80. The predicted molar refractivity (Wildman–Crippen MR) is 115 cm³/mol. The summed E-state index contributed by atoms with van der Waals surface area (Å²) in [5.41, 5.74) is -0.869. The van der Waals surface area contributed by atoms with Crippen molar-refractivity contribution in [1.82, 2.24) is 0 Å². The molecule has 0 amide bonds.